The zero-order valence-electron chi connectivity index (χ0n) is 12.1. The highest BCUT2D eigenvalue weighted by atomic mass is 19.1. The third-order valence-electron chi connectivity index (χ3n) is 3.78. The van der Waals surface area contributed by atoms with E-state index >= 15 is 0 Å². The number of anilines is 1. The van der Waals surface area contributed by atoms with Gasteiger partial charge in [0.05, 0.1) is 5.56 Å². The summed E-state index contributed by atoms with van der Waals surface area (Å²) in [5.74, 6) is -1.81. The second kappa shape index (κ2) is 6.11. The maximum Gasteiger partial charge on any atom is 0.338 e. The van der Waals surface area contributed by atoms with Crippen LogP contribution in [-0.2, 0) is 0 Å². The summed E-state index contributed by atoms with van der Waals surface area (Å²) in [4.78, 5) is 24.9. The van der Waals surface area contributed by atoms with Gasteiger partial charge in [0.15, 0.2) is 0 Å². The standard InChI is InChI=1S/C15H19FN2O3/c1-9(2)13-4-3-7-18(13)15(21)17-10-5-6-12(16)11(8-10)14(19)20/h5-6,8-9,13H,3-4,7H2,1-2H3,(H,17,21)(H,19,20). The van der Waals surface area contributed by atoms with Gasteiger partial charge >= 0.3 is 12.0 Å². The summed E-state index contributed by atoms with van der Waals surface area (Å²) in [5, 5.41) is 11.5. The summed E-state index contributed by atoms with van der Waals surface area (Å²) in [6, 6.07) is 3.46. The number of halogens is 1. The molecule has 1 aliphatic heterocycles. The molecule has 1 aliphatic rings. The van der Waals surface area contributed by atoms with Crippen LogP contribution in [-0.4, -0.2) is 34.6 Å². The van der Waals surface area contributed by atoms with Crippen molar-refractivity contribution in [1.29, 1.82) is 0 Å². The van der Waals surface area contributed by atoms with Gasteiger partial charge in [-0.3, -0.25) is 0 Å². The van der Waals surface area contributed by atoms with Gasteiger partial charge in [-0.15, -0.1) is 0 Å². The van der Waals surface area contributed by atoms with Gasteiger partial charge in [0, 0.05) is 18.3 Å². The van der Waals surface area contributed by atoms with Crippen LogP contribution in [0.3, 0.4) is 0 Å². The van der Waals surface area contributed by atoms with Crippen molar-refractivity contribution in [2.24, 2.45) is 5.92 Å². The summed E-state index contributed by atoms with van der Waals surface area (Å²) in [5.41, 5.74) is -0.164. The number of urea groups is 1. The van der Waals surface area contributed by atoms with Crippen molar-refractivity contribution >= 4 is 17.7 Å². The van der Waals surface area contributed by atoms with Crippen LogP contribution in [0.1, 0.15) is 37.0 Å². The van der Waals surface area contributed by atoms with Crippen molar-refractivity contribution in [3.63, 3.8) is 0 Å². The minimum absolute atomic E-state index is 0.185. The monoisotopic (exact) mass is 294 g/mol. The lowest BCUT2D eigenvalue weighted by atomic mass is 10.0. The van der Waals surface area contributed by atoms with Gasteiger partial charge in [0.1, 0.15) is 5.82 Å². The average molecular weight is 294 g/mol. The van der Waals surface area contributed by atoms with Crippen LogP contribution in [0.4, 0.5) is 14.9 Å². The molecule has 21 heavy (non-hydrogen) atoms. The first-order valence-electron chi connectivity index (χ1n) is 7.00. The highest BCUT2D eigenvalue weighted by molar-refractivity contribution is 5.93. The summed E-state index contributed by atoms with van der Waals surface area (Å²) in [7, 11) is 0. The van der Waals surface area contributed by atoms with E-state index in [0.29, 0.717) is 12.5 Å². The van der Waals surface area contributed by atoms with Crippen LogP contribution >= 0.6 is 0 Å². The normalized spacial score (nSPS) is 18.1. The molecule has 0 spiro atoms. The van der Waals surface area contributed by atoms with E-state index < -0.39 is 17.3 Å². The average Bonchev–Trinajstić information content (AvgIpc) is 2.90. The van der Waals surface area contributed by atoms with Gasteiger partial charge < -0.3 is 15.3 Å². The molecule has 2 amide bonds. The second-order valence-electron chi connectivity index (χ2n) is 5.58. The third kappa shape index (κ3) is 3.32. The number of hydrogen-bond acceptors (Lipinski definition) is 2. The van der Waals surface area contributed by atoms with Gasteiger partial charge in [-0.1, -0.05) is 13.8 Å². The first-order chi connectivity index (χ1) is 9.90. The maximum atomic E-state index is 13.3. The molecule has 2 rings (SSSR count). The lowest BCUT2D eigenvalue weighted by molar-refractivity contribution is 0.0692. The van der Waals surface area contributed by atoms with Gasteiger partial charge in [0.25, 0.3) is 0 Å². The van der Waals surface area contributed by atoms with E-state index in [9.17, 15) is 14.0 Å². The number of rotatable bonds is 3. The topological polar surface area (TPSA) is 69.6 Å². The number of benzene rings is 1. The highest BCUT2D eigenvalue weighted by Gasteiger charge is 2.30. The molecule has 1 fully saturated rings. The molecule has 0 aromatic heterocycles. The van der Waals surface area contributed by atoms with E-state index in [0.717, 1.165) is 25.0 Å². The molecule has 1 aromatic rings. The van der Waals surface area contributed by atoms with E-state index in [1.807, 2.05) is 0 Å². The Kier molecular flexibility index (Phi) is 4.45. The fraction of sp³-hybridized carbons (Fsp3) is 0.467. The van der Waals surface area contributed by atoms with E-state index in [1.54, 1.807) is 4.90 Å². The molecule has 1 heterocycles. The largest absolute Gasteiger partial charge is 0.478 e. The molecular formula is C15H19FN2O3. The maximum absolute atomic E-state index is 13.3. The Morgan fingerprint density at radius 3 is 2.76 bits per heavy atom. The van der Waals surface area contributed by atoms with Crippen molar-refractivity contribution < 1.29 is 19.1 Å². The van der Waals surface area contributed by atoms with E-state index in [1.165, 1.54) is 6.07 Å². The van der Waals surface area contributed by atoms with Crippen molar-refractivity contribution in [2.45, 2.75) is 32.7 Å². The molecule has 0 bridgehead atoms. The smallest absolute Gasteiger partial charge is 0.338 e. The molecule has 1 atom stereocenters. The number of nitrogens with one attached hydrogen (secondary N) is 1. The summed E-state index contributed by atoms with van der Waals surface area (Å²) in [6.07, 6.45) is 1.93. The van der Waals surface area contributed by atoms with Crippen molar-refractivity contribution in [1.82, 2.24) is 4.90 Å². The lowest BCUT2D eigenvalue weighted by Crippen LogP contribution is -2.41. The first kappa shape index (κ1) is 15.3. The summed E-state index contributed by atoms with van der Waals surface area (Å²) >= 11 is 0. The van der Waals surface area contributed by atoms with Crippen LogP contribution in [0.2, 0.25) is 0 Å². The van der Waals surface area contributed by atoms with Gasteiger partial charge in [0.2, 0.25) is 0 Å². The number of carboxylic acids is 1. The van der Waals surface area contributed by atoms with Crippen molar-refractivity contribution in [3.05, 3.63) is 29.6 Å². The Balaban J connectivity index is 2.13. The fourth-order valence-electron chi connectivity index (χ4n) is 2.70. The Labute approximate surface area is 122 Å². The Bertz CT molecular complexity index is 560. The first-order valence-corrected chi connectivity index (χ1v) is 7.00. The van der Waals surface area contributed by atoms with E-state index in [4.69, 9.17) is 5.11 Å². The molecule has 5 nitrogen and oxygen atoms in total. The number of carboxylic acid groups (broad SMARTS) is 1. The Morgan fingerprint density at radius 1 is 1.43 bits per heavy atom. The quantitative estimate of drug-likeness (QED) is 0.899. The van der Waals surface area contributed by atoms with E-state index in [-0.39, 0.29) is 17.8 Å². The number of carbonyl (C=O) groups is 2. The van der Waals surface area contributed by atoms with Crippen LogP contribution < -0.4 is 5.32 Å². The highest BCUT2D eigenvalue weighted by Crippen LogP contribution is 2.25. The van der Waals surface area contributed by atoms with Gasteiger partial charge in [-0.2, -0.15) is 0 Å². The molecule has 1 unspecified atom stereocenters. The molecular weight excluding hydrogens is 275 g/mol. The number of nitrogens with zero attached hydrogens (tertiary/aromatic N) is 1. The minimum atomic E-state index is -1.36. The molecule has 1 saturated heterocycles. The van der Waals surface area contributed by atoms with Crippen LogP contribution in [0.25, 0.3) is 0 Å². The molecule has 114 valence electrons. The molecule has 0 radical (unpaired) electrons. The lowest BCUT2D eigenvalue weighted by Gasteiger charge is -2.27. The van der Waals surface area contributed by atoms with Gasteiger partial charge in [-0.25, -0.2) is 14.0 Å². The number of aromatic carboxylic acids is 1. The second-order valence-corrected chi connectivity index (χ2v) is 5.58. The van der Waals surface area contributed by atoms with Crippen LogP contribution in [0.15, 0.2) is 18.2 Å². The van der Waals surface area contributed by atoms with E-state index in [2.05, 4.69) is 19.2 Å². The number of hydrogen-bond donors (Lipinski definition) is 2. The van der Waals surface area contributed by atoms with Crippen LogP contribution in [0.5, 0.6) is 0 Å². The number of amides is 2. The van der Waals surface area contributed by atoms with Crippen molar-refractivity contribution in [2.75, 3.05) is 11.9 Å². The Morgan fingerprint density at radius 2 is 2.14 bits per heavy atom. The summed E-state index contributed by atoms with van der Waals surface area (Å²) < 4.78 is 13.3. The fourth-order valence-corrected chi connectivity index (χ4v) is 2.70. The SMILES string of the molecule is CC(C)C1CCCN1C(=O)Nc1ccc(F)c(C(=O)O)c1. The molecule has 1 aromatic carbocycles. The summed E-state index contributed by atoms with van der Waals surface area (Å²) in [6.45, 7) is 4.81. The third-order valence-corrected chi connectivity index (χ3v) is 3.78. The molecule has 6 heteroatoms. The minimum Gasteiger partial charge on any atom is -0.478 e. The molecule has 0 aliphatic carbocycles. The van der Waals surface area contributed by atoms with Gasteiger partial charge in [-0.05, 0) is 37.0 Å². The molecule has 2 N–H and O–H groups in total. The van der Waals surface area contributed by atoms with Crippen molar-refractivity contribution in [3.8, 4) is 0 Å². The zero-order valence-corrected chi connectivity index (χ0v) is 12.1. The zero-order chi connectivity index (χ0) is 15.6. The Hall–Kier alpha value is -2.11. The number of carbonyl (C=O) groups excluding carboxylic acids is 1. The predicted octanol–water partition coefficient (Wildman–Crippen LogP) is 3.18. The number of likely N-dealkylation sites (tertiary alicyclic amines) is 1. The van der Waals surface area contributed by atoms with Crippen LogP contribution in [0, 0.1) is 11.7 Å². The predicted molar refractivity (Wildman–Crippen MR) is 76.9 cm³/mol. The molecule has 0 saturated carbocycles.